The minimum absolute atomic E-state index is 0.0100. The number of urea groups is 1. The second-order valence-corrected chi connectivity index (χ2v) is 11.9. The van der Waals surface area contributed by atoms with E-state index < -0.39 is 6.04 Å². The fourth-order valence-corrected chi connectivity index (χ4v) is 6.07. The van der Waals surface area contributed by atoms with Crippen molar-refractivity contribution in [2.45, 2.75) is 64.5 Å². The molecule has 1 atom stereocenters. The maximum absolute atomic E-state index is 14.4. The number of benzene rings is 3. The minimum atomic E-state index is -0.471. The number of anilines is 2. The second kappa shape index (κ2) is 11.1. The van der Waals surface area contributed by atoms with E-state index in [2.05, 4.69) is 49.7 Å². The number of nitrogens with one attached hydrogen (secondary N) is 1. The number of carbonyl (C=O) groups excluding carboxylic acids is 2. The number of amides is 3. The van der Waals surface area contributed by atoms with Crippen molar-refractivity contribution in [2.75, 3.05) is 16.8 Å². The molecule has 216 valence electrons. The Bertz CT molecular complexity index is 1590. The number of halogens is 1. The van der Waals surface area contributed by atoms with Gasteiger partial charge in [-0.05, 0) is 77.8 Å². The molecule has 3 amide bonds. The van der Waals surface area contributed by atoms with Crippen molar-refractivity contribution in [2.24, 2.45) is 0 Å². The van der Waals surface area contributed by atoms with Gasteiger partial charge in [-0.2, -0.15) is 0 Å². The minimum Gasteiger partial charge on any atom is -0.316 e. The molecule has 1 aromatic heterocycles. The summed E-state index contributed by atoms with van der Waals surface area (Å²) in [6, 6.07) is 23.5. The molecule has 1 aliphatic carbocycles. The van der Waals surface area contributed by atoms with E-state index in [0.29, 0.717) is 0 Å². The average Bonchev–Trinajstić information content (AvgIpc) is 3.70. The molecule has 1 saturated carbocycles. The highest BCUT2D eigenvalue weighted by molar-refractivity contribution is 6.02. The molecule has 2 heterocycles. The van der Waals surface area contributed by atoms with Gasteiger partial charge in [0.2, 0.25) is 5.91 Å². The molecule has 2 aliphatic rings. The number of nitrogens with zero attached hydrogens (tertiary/aromatic N) is 3. The second-order valence-electron chi connectivity index (χ2n) is 11.9. The quantitative estimate of drug-likeness (QED) is 0.247. The molecule has 1 aliphatic heterocycles. The van der Waals surface area contributed by atoms with Crippen molar-refractivity contribution in [1.82, 2.24) is 9.47 Å². The van der Waals surface area contributed by atoms with Crippen LogP contribution in [0.25, 0.3) is 5.69 Å². The van der Waals surface area contributed by atoms with E-state index in [1.807, 2.05) is 48.7 Å². The van der Waals surface area contributed by atoms with E-state index in [0.717, 1.165) is 52.3 Å². The predicted molar refractivity (Wildman–Crippen MR) is 165 cm³/mol. The number of aromatic nitrogens is 1. The van der Waals surface area contributed by atoms with Gasteiger partial charge in [-0.25, -0.2) is 9.18 Å². The van der Waals surface area contributed by atoms with E-state index in [9.17, 15) is 14.0 Å². The zero-order valence-corrected chi connectivity index (χ0v) is 24.5. The first-order chi connectivity index (χ1) is 20.2. The number of carbonyl (C=O) groups is 2. The SMILES string of the molecule is CC(C)c1cccc(C(C)C)c1NC(=O)N(CC(=O)N1c2ccccc2-n2cccc2C1c1ccc(F)cc1)C1CC1. The van der Waals surface area contributed by atoms with Crippen molar-refractivity contribution in [3.63, 3.8) is 0 Å². The number of hydrogen-bond acceptors (Lipinski definition) is 2. The molecule has 42 heavy (non-hydrogen) atoms. The van der Waals surface area contributed by atoms with Gasteiger partial charge in [0.15, 0.2) is 0 Å². The fourth-order valence-electron chi connectivity index (χ4n) is 6.07. The maximum atomic E-state index is 14.4. The zero-order chi connectivity index (χ0) is 29.5. The smallest absolute Gasteiger partial charge is 0.316 e. The molecule has 0 bridgehead atoms. The van der Waals surface area contributed by atoms with Crippen LogP contribution in [-0.2, 0) is 4.79 Å². The Morgan fingerprint density at radius 2 is 1.50 bits per heavy atom. The van der Waals surface area contributed by atoms with Crippen LogP contribution in [0.4, 0.5) is 20.6 Å². The molecular formula is C35H37FN4O2. The van der Waals surface area contributed by atoms with E-state index >= 15 is 0 Å². The predicted octanol–water partition coefficient (Wildman–Crippen LogP) is 8.00. The van der Waals surface area contributed by atoms with Crippen LogP contribution < -0.4 is 10.2 Å². The zero-order valence-electron chi connectivity index (χ0n) is 24.5. The van der Waals surface area contributed by atoms with Gasteiger partial charge in [0.05, 0.1) is 17.1 Å². The average molecular weight is 565 g/mol. The van der Waals surface area contributed by atoms with Crippen LogP contribution in [-0.4, -0.2) is 34.0 Å². The first kappa shape index (κ1) is 27.8. The van der Waals surface area contributed by atoms with Gasteiger partial charge in [-0.15, -0.1) is 0 Å². The Balaban J connectivity index is 1.36. The van der Waals surface area contributed by atoms with E-state index in [-0.39, 0.29) is 42.2 Å². The summed E-state index contributed by atoms with van der Waals surface area (Å²) in [4.78, 5) is 31.8. The molecule has 1 N–H and O–H groups in total. The standard InChI is InChI=1S/C35H37FN4O2/c1-22(2)27-9-7-10-28(23(3)4)33(27)37-35(42)39(26-18-19-26)21-32(41)40-30-12-6-5-11-29(30)38-20-8-13-31(38)34(40)24-14-16-25(36)17-15-24/h5-17,20,22-23,26,34H,18-19,21H2,1-4H3,(H,37,42). The third kappa shape index (κ3) is 5.08. The summed E-state index contributed by atoms with van der Waals surface area (Å²) in [5.41, 5.74) is 6.36. The molecule has 0 radical (unpaired) electrons. The third-order valence-electron chi connectivity index (χ3n) is 8.33. The highest BCUT2D eigenvalue weighted by Crippen LogP contribution is 2.43. The van der Waals surface area contributed by atoms with E-state index in [1.165, 1.54) is 12.1 Å². The van der Waals surface area contributed by atoms with E-state index in [1.54, 1.807) is 21.9 Å². The summed E-state index contributed by atoms with van der Waals surface area (Å²) in [5.74, 6) is -0.0603. The molecule has 4 aromatic rings. The number of fused-ring (bicyclic) bond motifs is 3. The Labute approximate surface area is 246 Å². The molecular weight excluding hydrogens is 527 g/mol. The van der Waals surface area contributed by atoms with Crippen LogP contribution in [0.15, 0.2) is 85.1 Å². The summed E-state index contributed by atoms with van der Waals surface area (Å²) < 4.78 is 16.0. The maximum Gasteiger partial charge on any atom is 0.322 e. The summed E-state index contributed by atoms with van der Waals surface area (Å²) in [6.07, 6.45) is 3.71. The van der Waals surface area contributed by atoms with Gasteiger partial charge in [-0.3, -0.25) is 9.69 Å². The number of para-hydroxylation sites is 3. The highest BCUT2D eigenvalue weighted by Gasteiger charge is 2.40. The topological polar surface area (TPSA) is 57.6 Å². The molecule has 1 fully saturated rings. The van der Waals surface area contributed by atoms with Crippen molar-refractivity contribution in [3.05, 3.63) is 113 Å². The lowest BCUT2D eigenvalue weighted by Gasteiger charge is -2.39. The molecule has 7 heteroatoms. The van der Waals surface area contributed by atoms with Crippen molar-refractivity contribution in [1.29, 1.82) is 0 Å². The summed E-state index contributed by atoms with van der Waals surface area (Å²) in [7, 11) is 0. The van der Waals surface area contributed by atoms with Gasteiger partial charge in [0, 0.05) is 17.9 Å². The van der Waals surface area contributed by atoms with Gasteiger partial charge in [0.25, 0.3) is 0 Å². The summed E-state index contributed by atoms with van der Waals surface area (Å²) in [5, 5.41) is 3.22. The first-order valence-electron chi connectivity index (χ1n) is 14.8. The lowest BCUT2D eigenvalue weighted by molar-refractivity contribution is -0.119. The summed E-state index contributed by atoms with van der Waals surface area (Å²) >= 11 is 0. The van der Waals surface area contributed by atoms with Crippen LogP contribution in [0.5, 0.6) is 0 Å². The molecule has 0 spiro atoms. The van der Waals surface area contributed by atoms with Gasteiger partial charge in [0.1, 0.15) is 18.4 Å². The van der Waals surface area contributed by atoms with E-state index in [4.69, 9.17) is 0 Å². The first-order valence-corrected chi connectivity index (χ1v) is 14.8. The largest absolute Gasteiger partial charge is 0.322 e. The fraction of sp³-hybridized carbons (Fsp3) is 0.314. The Kier molecular flexibility index (Phi) is 7.35. The molecule has 6 rings (SSSR count). The number of hydrogen-bond donors (Lipinski definition) is 1. The van der Waals surface area contributed by atoms with Crippen molar-refractivity contribution < 1.29 is 14.0 Å². The van der Waals surface area contributed by atoms with Crippen LogP contribution in [0.3, 0.4) is 0 Å². The number of rotatable bonds is 7. The van der Waals surface area contributed by atoms with Crippen molar-refractivity contribution in [3.8, 4) is 5.69 Å². The molecule has 0 saturated heterocycles. The van der Waals surface area contributed by atoms with Crippen molar-refractivity contribution >= 4 is 23.3 Å². The van der Waals surface area contributed by atoms with Crippen LogP contribution in [0, 0.1) is 5.82 Å². The van der Waals surface area contributed by atoms with Gasteiger partial charge < -0.3 is 14.8 Å². The molecule has 1 unspecified atom stereocenters. The Morgan fingerprint density at radius 3 is 2.12 bits per heavy atom. The van der Waals surface area contributed by atoms with Gasteiger partial charge >= 0.3 is 6.03 Å². The van der Waals surface area contributed by atoms with Crippen LogP contribution in [0.1, 0.15) is 80.8 Å². The third-order valence-corrected chi connectivity index (χ3v) is 8.33. The van der Waals surface area contributed by atoms with Crippen LogP contribution >= 0.6 is 0 Å². The normalized spacial score (nSPS) is 15.9. The van der Waals surface area contributed by atoms with Crippen LogP contribution in [0.2, 0.25) is 0 Å². The van der Waals surface area contributed by atoms with Gasteiger partial charge in [-0.1, -0.05) is 70.2 Å². The monoisotopic (exact) mass is 564 g/mol. The Morgan fingerprint density at radius 1 is 0.857 bits per heavy atom. The molecule has 6 nitrogen and oxygen atoms in total. The summed E-state index contributed by atoms with van der Waals surface area (Å²) in [6.45, 7) is 8.42. The molecule has 3 aromatic carbocycles. The Hall–Kier alpha value is -4.39. The lowest BCUT2D eigenvalue weighted by Crippen LogP contribution is -2.48. The lowest BCUT2D eigenvalue weighted by atomic mass is 9.93. The highest BCUT2D eigenvalue weighted by atomic mass is 19.1.